The van der Waals surface area contributed by atoms with Gasteiger partial charge in [0, 0.05) is 57.0 Å². The summed E-state index contributed by atoms with van der Waals surface area (Å²) in [4.78, 5) is 41.7. The fraction of sp³-hybridized carbons (Fsp3) is 0.286. The average molecular weight is 365 g/mol. The molecular weight excluding hydrogens is 342 g/mol. The van der Waals surface area contributed by atoms with Gasteiger partial charge in [0.1, 0.15) is 0 Å². The van der Waals surface area contributed by atoms with Crippen molar-refractivity contribution in [2.24, 2.45) is 0 Å². The number of nitrogens with zero attached hydrogens (tertiary/aromatic N) is 3. The van der Waals surface area contributed by atoms with E-state index in [4.69, 9.17) is 0 Å². The van der Waals surface area contributed by atoms with Gasteiger partial charge >= 0.3 is 0 Å². The molecular formula is C21H23N3O3. The first kappa shape index (κ1) is 18.6. The number of carbonyl (C=O) groups excluding carboxylic acids is 3. The Morgan fingerprint density at radius 1 is 0.778 bits per heavy atom. The summed E-state index contributed by atoms with van der Waals surface area (Å²) in [6.07, 6.45) is 0. The van der Waals surface area contributed by atoms with Crippen LogP contribution in [-0.2, 0) is 4.79 Å². The molecule has 1 saturated heterocycles. The minimum absolute atomic E-state index is 0.0347. The van der Waals surface area contributed by atoms with E-state index >= 15 is 0 Å². The lowest BCUT2D eigenvalue weighted by atomic mass is 10.1. The predicted octanol–water partition coefficient (Wildman–Crippen LogP) is 2.27. The number of piperazine rings is 1. The van der Waals surface area contributed by atoms with Crippen molar-refractivity contribution in [2.75, 3.05) is 38.1 Å². The highest BCUT2D eigenvalue weighted by atomic mass is 16.2. The summed E-state index contributed by atoms with van der Waals surface area (Å²) < 4.78 is 0. The molecule has 0 bridgehead atoms. The molecule has 27 heavy (non-hydrogen) atoms. The van der Waals surface area contributed by atoms with Crippen molar-refractivity contribution in [3.63, 3.8) is 0 Å². The summed E-state index contributed by atoms with van der Waals surface area (Å²) in [5, 5.41) is 0. The van der Waals surface area contributed by atoms with Crippen molar-refractivity contribution in [3.8, 4) is 0 Å². The smallest absolute Gasteiger partial charge is 0.258 e. The first-order chi connectivity index (χ1) is 13.0. The zero-order valence-electron chi connectivity index (χ0n) is 15.6. The highest BCUT2D eigenvalue weighted by Gasteiger charge is 2.23. The Morgan fingerprint density at radius 2 is 1.30 bits per heavy atom. The molecule has 3 amide bonds. The second kappa shape index (κ2) is 8.03. The third-order valence-electron chi connectivity index (χ3n) is 4.84. The SMILES string of the molecule is CC(=O)N1CCN(C(=O)c2ccc(C(=O)N(C)c3ccccc3)cc2)CC1. The van der Waals surface area contributed by atoms with E-state index in [9.17, 15) is 14.4 Å². The zero-order valence-corrected chi connectivity index (χ0v) is 15.6. The summed E-state index contributed by atoms with van der Waals surface area (Å²) >= 11 is 0. The highest BCUT2D eigenvalue weighted by Crippen LogP contribution is 2.16. The van der Waals surface area contributed by atoms with Gasteiger partial charge in [-0.2, -0.15) is 0 Å². The molecule has 0 saturated carbocycles. The van der Waals surface area contributed by atoms with E-state index in [1.54, 1.807) is 52.9 Å². The van der Waals surface area contributed by atoms with Gasteiger partial charge < -0.3 is 14.7 Å². The van der Waals surface area contributed by atoms with Gasteiger partial charge in [0.05, 0.1) is 0 Å². The first-order valence-corrected chi connectivity index (χ1v) is 8.95. The molecule has 1 aliphatic rings. The van der Waals surface area contributed by atoms with Gasteiger partial charge in [0.2, 0.25) is 5.91 Å². The van der Waals surface area contributed by atoms with Crippen LogP contribution < -0.4 is 4.90 Å². The highest BCUT2D eigenvalue weighted by molar-refractivity contribution is 6.06. The molecule has 1 fully saturated rings. The van der Waals surface area contributed by atoms with Crippen molar-refractivity contribution < 1.29 is 14.4 Å². The summed E-state index contributed by atoms with van der Waals surface area (Å²) in [5.41, 5.74) is 1.88. The Balaban J connectivity index is 1.66. The third-order valence-corrected chi connectivity index (χ3v) is 4.84. The fourth-order valence-corrected chi connectivity index (χ4v) is 3.12. The van der Waals surface area contributed by atoms with Crippen LogP contribution in [-0.4, -0.2) is 60.7 Å². The minimum Gasteiger partial charge on any atom is -0.339 e. The molecule has 6 nitrogen and oxygen atoms in total. The van der Waals surface area contributed by atoms with Crippen LogP contribution in [0, 0.1) is 0 Å². The van der Waals surface area contributed by atoms with Crippen LogP contribution >= 0.6 is 0 Å². The molecule has 0 atom stereocenters. The number of hydrogen-bond acceptors (Lipinski definition) is 3. The quantitative estimate of drug-likeness (QED) is 0.838. The molecule has 3 rings (SSSR count). The number of hydrogen-bond donors (Lipinski definition) is 0. The van der Waals surface area contributed by atoms with Gasteiger partial charge in [-0.05, 0) is 36.4 Å². The van der Waals surface area contributed by atoms with Gasteiger partial charge in [-0.25, -0.2) is 0 Å². The molecule has 0 unspecified atom stereocenters. The molecule has 0 aromatic heterocycles. The predicted molar refractivity (Wildman–Crippen MR) is 104 cm³/mol. The molecule has 6 heteroatoms. The molecule has 1 aliphatic heterocycles. The van der Waals surface area contributed by atoms with E-state index in [-0.39, 0.29) is 17.7 Å². The second-order valence-electron chi connectivity index (χ2n) is 6.58. The first-order valence-electron chi connectivity index (χ1n) is 8.95. The van der Waals surface area contributed by atoms with Crippen molar-refractivity contribution in [3.05, 3.63) is 65.7 Å². The van der Waals surface area contributed by atoms with Crippen molar-refractivity contribution >= 4 is 23.4 Å². The van der Waals surface area contributed by atoms with Crippen LogP contribution in [0.2, 0.25) is 0 Å². The molecule has 0 N–H and O–H groups in total. The maximum Gasteiger partial charge on any atom is 0.258 e. The lowest BCUT2D eigenvalue weighted by Gasteiger charge is -2.34. The molecule has 0 aliphatic carbocycles. The molecule has 2 aromatic carbocycles. The minimum atomic E-state index is -0.129. The number of carbonyl (C=O) groups is 3. The number of rotatable bonds is 3. The molecule has 0 spiro atoms. The Morgan fingerprint density at radius 3 is 1.85 bits per heavy atom. The summed E-state index contributed by atoms with van der Waals surface area (Å²) in [6, 6.07) is 16.1. The normalized spacial score (nSPS) is 14.0. The average Bonchev–Trinajstić information content (AvgIpc) is 2.73. The van der Waals surface area contributed by atoms with Crippen LogP contribution in [0.15, 0.2) is 54.6 Å². The molecule has 140 valence electrons. The van der Waals surface area contributed by atoms with Crippen LogP contribution in [0.3, 0.4) is 0 Å². The summed E-state index contributed by atoms with van der Waals surface area (Å²) in [5.74, 6) is -0.170. The number of anilines is 1. The van der Waals surface area contributed by atoms with Crippen LogP contribution in [0.25, 0.3) is 0 Å². The summed E-state index contributed by atoms with van der Waals surface area (Å²) in [7, 11) is 1.73. The zero-order chi connectivity index (χ0) is 19.4. The standard InChI is InChI=1S/C21H23N3O3/c1-16(25)23-12-14-24(15-13-23)21(27)18-10-8-17(9-11-18)20(26)22(2)19-6-4-3-5-7-19/h3-11H,12-15H2,1-2H3. The maximum atomic E-state index is 12.6. The van der Waals surface area contributed by atoms with E-state index in [1.165, 1.54) is 0 Å². The van der Waals surface area contributed by atoms with Gasteiger partial charge in [0.25, 0.3) is 11.8 Å². The van der Waals surface area contributed by atoms with E-state index < -0.39 is 0 Å². The third kappa shape index (κ3) is 4.16. The van der Waals surface area contributed by atoms with Crippen molar-refractivity contribution in [1.82, 2.24) is 9.80 Å². The van der Waals surface area contributed by atoms with E-state index in [2.05, 4.69) is 0 Å². The van der Waals surface area contributed by atoms with E-state index in [0.29, 0.717) is 37.3 Å². The van der Waals surface area contributed by atoms with E-state index in [1.807, 2.05) is 30.3 Å². The second-order valence-corrected chi connectivity index (χ2v) is 6.58. The van der Waals surface area contributed by atoms with Crippen molar-refractivity contribution in [1.29, 1.82) is 0 Å². The number of amides is 3. The number of benzene rings is 2. The Hall–Kier alpha value is -3.15. The monoisotopic (exact) mass is 365 g/mol. The Kier molecular flexibility index (Phi) is 5.54. The topological polar surface area (TPSA) is 60.9 Å². The largest absolute Gasteiger partial charge is 0.339 e. The van der Waals surface area contributed by atoms with Crippen molar-refractivity contribution in [2.45, 2.75) is 6.92 Å². The Labute approximate surface area is 159 Å². The number of para-hydroxylation sites is 1. The van der Waals surface area contributed by atoms with Crippen LogP contribution in [0.4, 0.5) is 5.69 Å². The molecule has 2 aromatic rings. The van der Waals surface area contributed by atoms with Gasteiger partial charge in [-0.15, -0.1) is 0 Å². The van der Waals surface area contributed by atoms with Gasteiger partial charge in [-0.3, -0.25) is 14.4 Å². The van der Waals surface area contributed by atoms with Crippen LogP contribution in [0.5, 0.6) is 0 Å². The lowest BCUT2D eigenvalue weighted by Crippen LogP contribution is -2.50. The maximum absolute atomic E-state index is 12.6. The fourth-order valence-electron chi connectivity index (χ4n) is 3.12. The molecule has 1 heterocycles. The van der Waals surface area contributed by atoms with E-state index in [0.717, 1.165) is 5.69 Å². The lowest BCUT2D eigenvalue weighted by molar-refractivity contribution is -0.130. The van der Waals surface area contributed by atoms with Crippen LogP contribution in [0.1, 0.15) is 27.6 Å². The Bertz CT molecular complexity index is 826. The van der Waals surface area contributed by atoms with Gasteiger partial charge in [0.15, 0.2) is 0 Å². The van der Waals surface area contributed by atoms with Gasteiger partial charge in [-0.1, -0.05) is 18.2 Å². The summed E-state index contributed by atoms with van der Waals surface area (Å²) in [6.45, 7) is 3.70. The molecule has 0 radical (unpaired) electrons.